The minimum Gasteiger partial charge on any atom is -0.388 e. The normalized spacial score (nSPS) is 39.3. The van der Waals surface area contributed by atoms with E-state index >= 15 is 0 Å². The van der Waals surface area contributed by atoms with E-state index in [1.807, 2.05) is 60.7 Å². The summed E-state index contributed by atoms with van der Waals surface area (Å²) in [4.78, 5) is 0. The van der Waals surface area contributed by atoms with Gasteiger partial charge in [0.25, 0.3) is 0 Å². The van der Waals surface area contributed by atoms with Crippen molar-refractivity contribution in [2.75, 3.05) is 13.2 Å². The fourth-order valence-electron chi connectivity index (χ4n) is 3.86. The van der Waals surface area contributed by atoms with Crippen molar-refractivity contribution in [1.82, 2.24) is 0 Å². The standard InChI is InChI=1S/C22H24O8/c23-15-11-25-20(13-7-3-1-4-8-13)28-17(15)22-27-16-12-26-21(14-9-5-2-6-10-14)29-18(16)19(24)30-22/h1-10,15-24H,11-12H2/t15-,16-,17-,18+,19+,20+,21+,22-/m1/s1. The third kappa shape index (κ3) is 4.01. The molecule has 3 aliphatic rings. The molecule has 30 heavy (non-hydrogen) atoms. The molecule has 160 valence electrons. The molecule has 3 aliphatic heterocycles. The van der Waals surface area contributed by atoms with Gasteiger partial charge in [0.2, 0.25) is 0 Å². The zero-order valence-electron chi connectivity index (χ0n) is 16.2. The van der Waals surface area contributed by atoms with Crippen molar-refractivity contribution >= 4 is 0 Å². The average molecular weight is 416 g/mol. The summed E-state index contributed by atoms with van der Waals surface area (Å²) in [6, 6.07) is 18.9. The first-order valence-corrected chi connectivity index (χ1v) is 10.00. The predicted molar refractivity (Wildman–Crippen MR) is 102 cm³/mol. The van der Waals surface area contributed by atoms with Gasteiger partial charge in [-0.15, -0.1) is 0 Å². The highest BCUT2D eigenvalue weighted by molar-refractivity contribution is 5.17. The highest BCUT2D eigenvalue weighted by atomic mass is 16.8. The number of hydrogen-bond donors (Lipinski definition) is 2. The number of aliphatic hydroxyl groups excluding tert-OH is 2. The van der Waals surface area contributed by atoms with Gasteiger partial charge in [-0.05, 0) is 0 Å². The summed E-state index contributed by atoms with van der Waals surface area (Å²) in [5, 5.41) is 21.0. The molecule has 0 saturated carbocycles. The van der Waals surface area contributed by atoms with Gasteiger partial charge in [0, 0.05) is 11.1 Å². The number of aliphatic hydroxyl groups is 2. The molecule has 0 bridgehead atoms. The van der Waals surface area contributed by atoms with Crippen LogP contribution in [0, 0.1) is 0 Å². The molecule has 0 aromatic heterocycles. The second-order valence-electron chi connectivity index (χ2n) is 7.49. The van der Waals surface area contributed by atoms with E-state index in [0.29, 0.717) is 0 Å². The molecule has 0 unspecified atom stereocenters. The minimum atomic E-state index is -1.25. The van der Waals surface area contributed by atoms with E-state index in [1.54, 1.807) is 0 Å². The molecule has 0 aliphatic carbocycles. The molecule has 3 heterocycles. The van der Waals surface area contributed by atoms with Crippen molar-refractivity contribution in [1.29, 1.82) is 0 Å². The first-order chi connectivity index (χ1) is 14.7. The van der Waals surface area contributed by atoms with Gasteiger partial charge in [0.15, 0.2) is 25.2 Å². The second-order valence-corrected chi connectivity index (χ2v) is 7.49. The maximum absolute atomic E-state index is 10.6. The van der Waals surface area contributed by atoms with Crippen LogP contribution in [-0.4, -0.2) is 60.4 Å². The molecular formula is C22H24O8. The fraction of sp³-hybridized carbons (Fsp3) is 0.455. The van der Waals surface area contributed by atoms with Crippen LogP contribution >= 0.6 is 0 Å². The van der Waals surface area contributed by atoms with E-state index in [1.165, 1.54) is 0 Å². The number of rotatable bonds is 3. The first-order valence-electron chi connectivity index (χ1n) is 10.00. The summed E-state index contributed by atoms with van der Waals surface area (Å²) >= 11 is 0. The molecule has 0 radical (unpaired) electrons. The number of hydrogen-bond acceptors (Lipinski definition) is 8. The Labute approximate surface area is 173 Å². The molecule has 3 saturated heterocycles. The molecule has 2 aromatic rings. The Morgan fingerprint density at radius 2 is 1.20 bits per heavy atom. The van der Waals surface area contributed by atoms with Gasteiger partial charge >= 0.3 is 0 Å². The smallest absolute Gasteiger partial charge is 0.190 e. The zero-order valence-corrected chi connectivity index (χ0v) is 16.2. The maximum atomic E-state index is 10.6. The van der Waals surface area contributed by atoms with Gasteiger partial charge in [-0.25, -0.2) is 0 Å². The molecule has 0 amide bonds. The fourth-order valence-corrected chi connectivity index (χ4v) is 3.86. The molecule has 2 aromatic carbocycles. The number of ether oxygens (including phenoxy) is 6. The van der Waals surface area contributed by atoms with E-state index in [4.69, 9.17) is 28.4 Å². The predicted octanol–water partition coefficient (Wildman–Crippen LogP) is 1.64. The quantitative estimate of drug-likeness (QED) is 0.780. The van der Waals surface area contributed by atoms with Crippen LogP contribution in [0.5, 0.6) is 0 Å². The Balaban J connectivity index is 1.26. The van der Waals surface area contributed by atoms with Crippen molar-refractivity contribution in [2.24, 2.45) is 0 Å². The van der Waals surface area contributed by atoms with Crippen LogP contribution < -0.4 is 0 Å². The Bertz CT molecular complexity index is 818. The lowest BCUT2D eigenvalue weighted by atomic mass is 10.1. The van der Waals surface area contributed by atoms with E-state index in [0.717, 1.165) is 11.1 Å². The minimum absolute atomic E-state index is 0.0563. The molecule has 8 heteroatoms. The molecule has 0 spiro atoms. The van der Waals surface area contributed by atoms with Crippen LogP contribution in [0.4, 0.5) is 0 Å². The summed E-state index contributed by atoms with van der Waals surface area (Å²) in [5.74, 6) is 0. The first kappa shape index (κ1) is 20.0. The summed E-state index contributed by atoms with van der Waals surface area (Å²) in [6.07, 6.45) is -6.62. The maximum Gasteiger partial charge on any atom is 0.190 e. The van der Waals surface area contributed by atoms with Crippen molar-refractivity contribution in [2.45, 2.75) is 49.6 Å². The zero-order chi connectivity index (χ0) is 20.5. The van der Waals surface area contributed by atoms with Crippen LogP contribution in [0.1, 0.15) is 23.7 Å². The molecule has 2 N–H and O–H groups in total. The van der Waals surface area contributed by atoms with E-state index < -0.39 is 49.6 Å². The summed E-state index contributed by atoms with van der Waals surface area (Å²) < 4.78 is 34.8. The van der Waals surface area contributed by atoms with Crippen molar-refractivity contribution in [3.63, 3.8) is 0 Å². The van der Waals surface area contributed by atoms with Gasteiger partial charge in [0.1, 0.15) is 24.4 Å². The van der Waals surface area contributed by atoms with Crippen molar-refractivity contribution in [3.05, 3.63) is 71.8 Å². The highest BCUT2D eigenvalue weighted by Crippen LogP contribution is 2.36. The Kier molecular flexibility index (Phi) is 5.81. The molecule has 3 fully saturated rings. The van der Waals surface area contributed by atoms with Gasteiger partial charge < -0.3 is 38.6 Å². The SMILES string of the molecule is O[C@@H]1CO[C@H](c2ccccc2)O[C@H]1[C@H]1O[C@H](O)[C@H]2O[C@@H](c3ccccc3)OC[C@H]2O1. The average Bonchev–Trinajstić information content (AvgIpc) is 2.80. The second kappa shape index (κ2) is 8.70. The third-order valence-electron chi connectivity index (χ3n) is 5.41. The molecule has 5 rings (SSSR count). The summed E-state index contributed by atoms with van der Waals surface area (Å²) in [5.41, 5.74) is 1.66. The monoisotopic (exact) mass is 416 g/mol. The van der Waals surface area contributed by atoms with E-state index in [-0.39, 0.29) is 13.2 Å². The lowest BCUT2D eigenvalue weighted by molar-refractivity contribution is -0.421. The number of benzene rings is 2. The van der Waals surface area contributed by atoms with Gasteiger partial charge in [-0.2, -0.15) is 0 Å². The van der Waals surface area contributed by atoms with Crippen LogP contribution in [-0.2, 0) is 28.4 Å². The Morgan fingerprint density at radius 1 is 0.633 bits per heavy atom. The summed E-state index contributed by atoms with van der Waals surface area (Å²) in [6.45, 7) is 0.267. The van der Waals surface area contributed by atoms with Crippen molar-refractivity contribution in [3.8, 4) is 0 Å². The third-order valence-corrected chi connectivity index (χ3v) is 5.41. The highest BCUT2D eigenvalue weighted by Gasteiger charge is 2.49. The summed E-state index contributed by atoms with van der Waals surface area (Å²) in [7, 11) is 0. The van der Waals surface area contributed by atoms with Gasteiger partial charge in [-0.3, -0.25) is 0 Å². The molecule has 8 atom stereocenters. The Hall–Kier alpha value is -1.88. The largest absolute Gasteiger partial charge is 0.388 e. The van der Waals surface area contributed by atoms with Crippen LogP contribution in [0.2, 0.25) is 0 Å². The molecular weight excluding hydrogens is 392 g/mol. The topological polar surface area (TPSA) is 95.8 Å². The van der Waals surface area contributed by atoms with E-state index in [2.05, 4.69) is 0 Å². The van der Waals surface area contributed by atoms with Gasteiger partial charge in [0.05, 0.1) is 13.2 Å². The lowest BCUT2D eigenvalue weighted by Crippen LogP contribution is -2.61. The van der Waals surface area contributed by atoms with Crippen LogP contribution in [0.3, 0.4) is 0 Å². The molecule has 8 nitrogen and oxygen atoms in total. The van der Waals surface area contributed by atoms with Crippen LogP contribution in [0.15, 0.2) is 60.7 Å². The van der Waals surface area contributed by atoms with Crippen LogP contribution in [0.25, 0.3) is 0 Å². The number of fused-ring (bicyclic) bond motifs is 1. The Morgan fingerprint density at radius 3 is 1.83 bits per heavy atom. The van der Waals surface area contributed by atoms with Gasteiger partial charge in [-0.1, -0.05) is 60.7 Å². The van der Waals surface area contributed by atoms with E-state index in [9.17, 15) is 10.2 Å². The lowest BCUT2D eigenvalue weighted by Gasteiger charge is -2.47. The van der Waals surface area contributed by atoms with Crippen molar-refractivity contribution < 1.29 is 38.6 Å².